The van der Waals surface area contributed by atoms with Gasteiger partial charge in [0.15, 0.2) is 29.0 Å². The molecule has 0 amide bonds. The smallest absolute Gasteiger partial charge is 0.231 e. The molecular formula is C20H26IN3O5. The van der Waals surface area contributed by atoms with Crippen LogP contribution in [0.3, 0.4) is 0 Å². The summed E-state index contributed by atoms with van der Waals surface area (Å²) in [5, 5.41) is 6.45. The fraction of sp³-hybridized carbons (Fsp3) is 0.350. The molecule has 8 nitrogen and oxygen atoms in total. The number of nitrogens with zero attached hydrogens (tertiary/aromatic N) is 1. The van der Waals surface area contributed by atoms with E-state index in [0.717, 1.165) is 23.7 Å². The molecule has 0 unspecified atom stereocenters. The van der Waals surface area contributed by atoms with E-state index in [1.165, 1.54) is 0 Å². The van der Waals surface area contributed by atoms with Gasteiger partial charge in [-0.2, -0.15) is 0 Å². The number of rotatable bonds is 8. The molecule has 0 saturated carbocycles. The Morgan fingerprint density at radius 1 is 1.03 bits per heavy atom. The van der Waals surface area contributed by atoms with E-state index in [1.54, 1.807) is 14.2 Å². The number of benzene rings is 2. The highest BCUT2D eigenvalue weighted by Gasteiger charge is 2.13. The van der Waals surface area contributed by atoms with Gasteiger partial charge in [0.2, 0.25) is 6.79 Å². The Labute approximate surface area is 187 Å². The average molecular weight is 515 g/mol. The minimum absolute atomic E-state index is 0. The van der Waals surface area contributed by atoms with Gasteiger partial charge in [-0.15, -0.1) is 24.0 Å². The molecule has 3 rings (SSSR count). The molecule has 158 valence electrons. The van der Waals surface area contributed by atoms with Crippen molar-refractivity contribution in [1.29, 1.82) is 0 Å². The zero-order valence-corrected chi connectivity index (χ0v) is 19.0. The van der Waals surface area contributed by atoms with Crippen molar-refractivity contribution in [3.8, 4) is 28.7 Å². The summed E-state index contributed by atoms with van der Waals surface area (Å²) in [7, 11) is 3.21. The standard InChI is InChI=1S/C20H25N3O5.HI/c1-4-21-20(23-14-5-7-16(24-2)18(11-14)25-3)22-9-10-26-15-6-8-17-19(12-15)28-13-27-17;/h5-8,11-12H,4,9-10,13H2,1-3H3,(H2,21,22,23);1H. The van der Waals surface area contributed by atoms with Crippen molar-refractivity contribution in [3.63, 3.8) is 0 Å². The SMILES string of the molecule is CCNC(=NCCOc1ccc2c(c1)OCO2)Nc1ccc(OC)c(OC)c1.I. The van der Waals surface area contributed by atoms with Gasteiger partial charge >= 0.3 is 0 Å². The Morgan fingerprint density at radius 3 is 2.59 bits per heavy atom. The summed E-state index contributed by atoms with van der Waals surface area (Å²) in [5.41, 5.74) is 0.842. The summed E-state index contributed by atoms with van der Waals surface area (Å²) in [4.78, 5) is 4.54. The van der Waals surface area contributed by atoms with E-state index in [1.807, 2.05) is 43.3 Å². The molecule has 0 fully saturated rings. The molecule has 1 aliphatic rings. The van der Waals surface area contributed by atoms with Gasteiger partial charge in [-0.3, -0.25) is 0 Å². The third-order valence-electron chi connectivity index (χ3n) is 3.96. The van der Waals surface area contributed by atoms with Crippen LogP contribution in [0.5, 0.6) is 28.7 Å². The highest BCUT2D eigenvalue weighted by atomic mass is 127. The van der Waals surface area contributed by atoms with Crippen LogP contribution in [0.15, 0.2) is 41.4 Å². The first-order chi connectivity index (χ1) is 13.7. The molecule has 9 heteroatoms. The van der Waals surface area contributed by atoms with Crippen molar-refractivity contribution in [1.82, 2.24) is 5.32 Å². The molecule has 1 aliphatic heterocycles. The zero-order chi connectivity index (χ0) is 19.8. The fourth-order valence-corrected chi connectivity index (χ4v) is 2.65. The number of nitrogens with one attached hydrogen (secondary N) is 2. The van der Waals surface area contributed by atoms with E-state index in [4.69, 9.17) is 23.7 Å². The van der Waals surface area contributed by atoms with Crippen LogP contribution in [-0.2, 0) is 0 Å². The van der Waals surface area contributed by atoms with Crippen molar-refractivity contribution < 1.29 is 23.7 Å². The van der Waals surface area contributed by atoms with Crippen LogP contribution in [0.2, 0.25) is 0 Å². The Bertz CT molecular complexity index is 832. The Hall–Kier alpha value is -2.56. The number of halogens is 1. The molecule has 0 atom stereocenters. The van der Waals surface area contributed by atoms with Crippen molar-refractivity contribution in [2.45, 2.75) is 6.92 Å². The number of anilines is 1. The third-order valence-corrected chi connectivity index (χ3v) is 3.96. The van der Waals surface area contributed by atoms with E-state index < -0.39 is 0 Å². The lowest BCUT2D eigenvalue weighted by Gasteiger charge is -2.14. The summed E-state index contributed by atoms with van der Waals surface area (Å²) in [6.07, 6.45) is 0. The Balaban J connectivity index is 0.00000300. The van der Waals surface area contributed by atoms with Crippen molar-refractivity contribution >= 4 is 35.6 Å². The topological polar surface area (TPSA) is 82.6 Å². The van der Waals surface area contributed by atoms with Crippen LogP contribution >= 0.6 is 24.0 Å². The van der Waals surface area contributed by atoms with Crippen LogP contribution < -0.4 is 34.3 Å². The van der Waals surface area contributed by atoms with Crippen LogP contribution in [-0.4, -0.2) is 46.7 Å². The second kappa shape index (κ2) is 11.4. The molecule has 1 heterocycles. The van der Waals surface area contributed by atoms with E-state index in [9.17, 15) is 0 Å². The van der Waals surface area contributed by atoms with Gasteiger partial charge in [0.05, 0.1) is 20.8 Å². The largest absolute Gasteiger partial charge is 0.493 e. The normalized spacial score (nSPS) is 12.0. The van der Waals surface area contributed by atoms with Crippen LogP contribution in [0.1, 0.15) is 6.92 Å². The van der Waals surface area contributed by atoms with Gasteiger partial charge in [0.25, 0.3) is 0 Å². The molecule has 0 bridgehead atoms. The number of guanidine groups is 1. The first kappa shape index (κ1) is 22.7. The molecule has 29 heavy (non-hydrogen) atoms. The maximum atomic E-state index is 5.74. The average Bonchev–Trinajstić information content (AvgIpc) is 3.19. The summed E-state index contributed by atoms with van der Waals surface area (Å²) < 4.78 is 27.0. The first-order valence-corrected chi connectivity index (χ1v) is 9.03. The van der Waals surface area contributed by atoms with Gasteiger partial charge in [-0.1, -0.05) is 0 Å². The van der Waals surface area contributed by atoms with Gasteiger partial charge in [0.1, 0.15) is 12.4 Å². The molecular weight excluding hydrogens is 489 g/mol. The second-order valence-corrected chi connectivity index (χ2v) is 5.82. The highest BCUT2D eigenvalue weighted by Crippen LogP contribution is 2.35. The first-order valence-electron chi connectivity index (χ1n) is 9.03. The number of hydrogen-bond acceptors (Lipinski definition) is 6. The predicted molar refractivity (Wildman–Crippen MR) is 123 cm³/mol. The van der Waals surface area contributed by atoms with Crippen LogP contribution in [0.4, 0.5) is 5.69 Å². The number of fused-ring (bicyclic) bond motifs is 1. The van der Waals surface area contributed by atoms with E-state index in [2.05, 4.69) is 15.6 Å². The molecule has 2 aromatic carbocycles. The quantitative estimate of drug-likeness (QED) is 0.241. The van der Waals surface area contributed by atoms with Crippen LogP contribution in [0, 0.1) is 0 Å². The number of hydrogen-bond donors (Lipinski definition) is 2. The van der Waals surface area contributed by atoms with Gasteiger partial charge < -0.3 is 34.3 Å². The second-order valence-electron chi connectivity index (χ2n) is 5.82. The molecule has 0 aromatic heterocycles. The fourth-order valence-electron chi connectivity index (χ4n) is 2.65. The lowest BCUT2D eigenvalue weighted by molar-refractivity contribution is 0.174. The van der Waals surface area contributed by atoms with Crippen molar-refractivity contribution in [2.24, 2.45) is 4.99 Å². The van der Waals surface area contributed by atoms with Gasteiger partial charge in [-0.05, 0) is 31.2 Å². The summed E-state index contributed by atoms with van der Waals surface area (Å²) in [6.45, 7) is 3.91. The number of ether oxygens (including phenoxy) is 5. The Morgan fingerprint density at radius 2 is 1.83 bits per heavy atom. The minimum Gasteiger partial charge on any atom is -0.493 e. The van der Waals surface area contributed by atoms with E-state index in [-0.39, 0.29) is 30.8 Å². The maximum absolute atomic E-state index is 5.74. The molecule has 0 saturated heterocycles. The molecule has 0 aliphatic carbocycles. The molecule has 0 spiro atoms. The number of methoxy groups -OCH3 is 2. The van der Waals surface area contributed by atoms with E-state index in [0.29, 0.717) is 36.4 Å². The van der Waals surface area contributed by atoms with Crippen molar-refractivity contribution in [2.75, 3.05) is 46.0 Å². The maximum Gasteiger partial charge on any atom is 0.231 e. The summed E-state index contributed by atoms with van der Waals surface area (Å²) in [6, 6.07) is 11.1. The molecule has 0 radical (unpaired) electrons. The van der Waals surface area contributed by atoms with Crippen molar-refractivity contribution in [3.05, 3.63) is 36.4 Å². The zero-order valence-electron chi connectivity index (χ0n) is 16.7. The third kappa shape index (κ3) is 6.21. The summed E-state index contributed by atoms with van der Waals surface area (Å²) >= 11 is 0. The van der Waals surface area contributed by atoms with Crippen LogP contribution in [0.25, 0.3) is 0 Å². The molecule has 2 aromatic rings. The Kier molecular flexibility index (Phi) is 8.97. The molecule has 2 N–H and O–H groups in total. The lowest BCUT2D eigenvalue weighted by Crippen LogP contribution is -2.31. The lowest BCUT2D eigenvalue weighted by atomic mass is 10.3. The predicted octanol–water partition coefficient (Wildman–Crippen LogP) is 3.51. The highest BCUT2D eigenvalue weighted by molar-refractivity contribution is 14.0. The monoisotopic (exact) mass is 515 g/mol. The van der Waals surface area contributed by atoms with Gasteiger partial charge in [0, 0.05) is 24.4 Å². The number of aliphatic imine (C=N–C) groups is 1. The summed E-state index contributed by atoms with van der Waals surface area (Å²) in [5.74, 6) is 4.13. The van der Waals surface area contributed by atoms with E-state index >= 15 is 0 Å². The van der Waals surface area contributed by atoms with Gasteiger partial charge in [-0.25, -0.2) is 4.99 Å². The minimum atomic E-state index is 0.